The number of rotatable bonds is 7. The minimum absolute atomic E-state index is 0.200. The van der Waals surface area contributed by atoms with Gasteiger partial charge in [0.05, 0.1) is 18.8 Å². The maximum absolute atomic E-state index is 14.9. The molecule has 1 fully saturated rings. The van der Waals surface area contributed by atoms with Gasteiger partial charge in [0.2, 0.25) is 5.91 Å². The van der Waals surface area contributed by atoms with Gasteiger partial charge in [-0.3, -0.25) is 9.69 Å². The van der Waals surface area contributed by atoms with Gasteiger partial charge in [0, 0.05) is 36.3 Å². The fourth-order valence-corrected chi connectivity index (χ4v) is 4.62. The highest BCUT2D eigenvalue weighted by atomic mass is 32.2. The van der Waals surface area contributed by atoms with Crippen molar-refractivity contribution in [1.82, 2.24) is 20.1 Å². The number of carbonyl (C=O) groups excluding carboxylic acids is 2. The average Bonchev–Trinajstić information content (AvgIpc) is 3.38. The van der Waals surface area contributed by atoms with Crippen molar-refractivity contribution in [3.63, 3.8) is 0 Å². The van der Waals surface area contributed by atoms with Crippen LogP contribution in [0.5, 0.6) is 0 Å². The number of aryl methyl sites for hydroxylation is 1. The summed E-state index contributed by atoms with van der Waals surface area (Å²) in [6, 6.07) is 11.6. The molecule has 1 aliphatic heterocycles. The molecule has 2 aromatic carbocycles. The van der Waals surface area contributed by atoms with Gasteiger partial charge in [0.15, 0.2) is 0 Å². The third-order valence-electron chi connectivity index (χ3n) is 5.15. The Morgan fingerprint density at radius 3 is 2.70 bits per heavy atom. The van der Waals surface area contributed by atoms with E-state index in [-0.39, 0.29) is 24.7 Å². The number of hydrogen-bond acceptors (Lipinski definition) is 6. The zero-order chi connectivity index (χ0) is 23.5. The monoisotopic (exact) mass is 471 g/mol. The molecule has 2 amide bonds. The zero-order valence-corrected chi connectivity index (χ0v) is 18.8. The van der Waals surface area contributed by atoms with Gasteiger partial charge in [0.25, 0.3) is 0 Å². The normalized spacial score (nSPS) is 16.5. The van der Waals surface area contributed by atoms with E-state index < -0.39 is 29.2 Å². The van der Waals surface area contributed by atoms with Crippen LogP contribution in [0, 0.1) is 5.82 Å². The zero-order valence-electron chi connectivity index (χ0n) is 18.0. The molecule has 1 aromatic heterocycles. The van der Waals surface area contributed by atoms with E-state index in [1.807, 2.05) is 0 Å². The molecule has 2 heterocycles. The Kier molecular flexibility index (Phi) is 6.61. The summed E-state index contributed by atoms with van der Waals surface area (Å²) in [6.07, 6.45) is 0.273. The fraction of sp³-hybridized carbons (Fsp3) is 0.273. The van der Waals surface area contributed by atoms with Crippen molar-refractivity contribution >= 4 is 28.9 Å². The number of benzene rings is 2. The van der Waals surface area contributed by atoms with E-state index in [4.69, 9.17) is 4.74 Å². The van der Waals surface area contributed by atoms with E-state index >= 15 is 0 Å². The lowest BCUT2D eigenvalue weighted by atomic mass is 10.0. The molecule has 0 aliphatic carbocycles. The molecule has 3 aromatic rings. The molecule has 1 aliphatic rings. The number of carbonyl (C=O) groups is 2. The molecular weight excluding hydrogens is 449 g/mol. The van der Waals surface area contributed by atoms with Gasteiger partial charge in [-0.1, -0.05) is 24.3 Å². The second-order valence-corrected chi connectivity index (χ2v) is 8.92. The molecule has 11 heteroatoms. The van der Waals surface area contributed by atoms with Crippen LogP contribution in [-0.4, -0.2) is 50.5 Å². The van der Waals surface area contributed by atoms with E-state index in [9.17, 15) is 18.5 Å². The number of nitrogens with zero attached hydrogens (tertiary/aromatic N) is 4. The van der Waals surface area contributed by atoms with Gasteiger partial charge >= 0.3 is 11.2 Å². The van der Waals surface area contributed by atoms with E-state index in [1.165, 1.54) is 28.9 Å². The Bertz CT molecular complexity index is 1170. The summed E-state index contributed by atoms with van der Waals surface area (Å²) in [6.45, 7) is 1.80. The third kappa shape index (κ3) is 5.15. The van der Waals surface area contributed by atoms with Crippen LogP contribution >= 0.6 is 0 Å². The Morgan fingerprint density at radius 1 is 1.30 bits per heavy atom. The predicted octanol–water partition coefficient (Wildman–Crippen LogP) is 2.39. The molecule has 172 valence electrons. The van der Waals surface area contributed by atoms with Crippen LogP contribution < -0.4 is 10.2 Å². The largest absolute Gasteiger partial charge is 0.609 e. The summed E-state index contributed by atoms with van der Waals surface area (Å²) in [5, 5.41) is 6.92. The topological polar surface area (TPSA) is 112 Å². The van der Waals surface area contributed by atoms with Gasteiger partial charge in [-0.25, -0.2) is 13.9 Å². The molecule has 1 saturated heterocycles. The SMILES string of the molecule is CC(=O)NC[C@H]1CN(c2ccc(-c3ccc(C[S+]([O-])c4ncnn4C)cc3)c(F)c2)C(=O)O1. The van der Waals surface area contributed by atoms with E-state index in [1.54, 1.807) is 43.4 Å². The number of amides is 2. The third-order valence-corrected chi connectivity index (χ3v) is 6.53. The van der Waals surface area contributed by atoms with Crippen molar-refractivity contribution in [1.29, 1.82) is 0 Å². The summed E-state index contributed by atoms with van der Waals surface area (Å²) >= 11 is -1.34. The summed E-state index contributed by atoms with van der Waals surface area (Å²) in [5.41, 5.74) is 2.23. The van der Waals surface area contributed by atoms with Crippen LogP contribution in [0.15, 0.2) is 53.9 Å². The van der Waals surface area contributed by atoms with E-state index in [0.717, 1.165) is 5.56 Å². The molecular formula is C22H22FN5O4S. The van der Waals surface area contributed by atoms with Crippen LogP contribution in [-0.2, 0) is 33.5 Å². The van der Waals surface area contributed by atoms with Crippen LogP contribution in [0.25, 0.3) is 11.1 Å². The molecule has 0 saturated carbocycles. The summed E-state index contributed by atoms with van der Waals surface area (Å²) in [5.74, 6) is -0.433. The number of hydrogen-bond donors (Lipinski definition) is 1. The number of halogens is 1. The summed E-state index contributed by atoms with van der Waals surface area (Å²) in [7, 11) is 1.68. The minimum atomic E-state index is -1.34. The lowest BCUT2D eigenvalue weighted by Gasteiger charge is -2.15. The summed E-state index contributed by atoms with van der Waals surface area (Å²) < 4.78 is 34.1. The first-order valence-corrected chi connectivity index (χ1v) is 11.5. The first-order valence-electron chi connectivity index (χ1n) is 10.2. The fourth-order valence-electron chi connectivity index (χ4n) is 3.49. The van der Waals surface area contributed by atoms with Crippen LogP contribution in [0.2, 0.25) is 0 Å². The van der Waals surface area contributed by atoms with Gasteiger partial charge in [-0.05, 0) is 23.8 Å². The number of ether oxygens (including phenoxy) is 1. The van der Waals surface area contributed by atoms with Crippen molar-refractivity contribution < 1.29 is 23.3 Å². The molecule has 9 nitrogen and oxygen atoms in total. The molecule has 1 unspecified atom stereocenters. The van der Waals surface area contributed by atoms with Gasteiger partial charge < -0.3 is 14.6 Å². The van der Waals surface area contributed by atoms with Crippen LogP contribution in [0.4, 0.5) is 14.9 Å². The Hall–Kier alpha value is -3.44. The summed E-state index contributed by atoms with van der Waals surface area (Å²) in [4.78, 5) is 28.6. The number of anilines is 1. The Balaban J connectivity index is 1.44. The first kappa shape index (κ1) is 22.7. The molecule has 0 bridgehead atoms. The van der Waals surface area contributed by atoms with Crippen molar-refractivity contribution in [2.45, 2.75) is 23.9 Å². The molecule has 0 spiro atoms. The number of nitrogens with one attached hydrogen (secondary N) is 1. The number of cyclic esters (lactones) is 1. The highest BCUT2D eigenvalue weighted by molar-refractivity contribution is 7.90. The predicted molar refractivity (Wildman–Crippen MR) is 119 cm³/mol. The van der Waals surface area contributed by atoms with Crippen LogP contribution in [0.3, 0.4) is 0 Å². The lowest BCUT2D eigenvalue weighted by molar-refractivity contribution is -0.119. The van der Waals surface area contributed by atoms with Crippen molar-refractivity contribution in [3.8, 4) is 11.1 Å². The Morgan fingerprint density at radius 2 is 2.06 bits per heavy atom. The quantitative estimate of drug-likeness (QED) is 0.530. The minimum Gasteiger partial charge on any atom is -0.609 e. The molecule has 1 N–H and O–H groups in total. The van der Waals surface area contributed by atoms with Crippen LogP contribution in [0.1, 0.15) is 12.5 Å². The maximum atomic E-state index is 14.9. The van der Waals surface area contributed by atoms with Gasteiger partial charge in [-0.2, -0.15) is 10.1 Å². The van der Waals surface area contributed by atoms with Crippen molar-refractivity contribution in [2.24, 2.45) is 7.05 Å². The number of aromatic nitrogens is 3. The molecule has 4 rings (SSSR count). The highest BCUT2D eigenvalue weighted by Gasteiger charge is 2.32. The van der Waals surface area contributed by atoms with Crippen molar-refractivity contribution in [2.75, 3.05) is 18.0 Å². The second-order valence-electron chi connectivity index (χ2n) is 7.57. The first-order chi connectivity index (χ1) is 15.8. The molecule has 33 heavy (non-hydrogen) atoms. The smallest absolute Gasteiger partial charge is 0.414 e. The van der Waals surface area contributed by atoms with Gasteiger partial charge in [0.1, 0.15) is 24.0 Å². The van der Waals surface area contributed by atoms with E-state index in [2.05, 4.69) is 15.4 Å². The van der Waals surface area contributed by atoms with Crippen molar-refractivity contribution in [3.05, 3.63) is 60.2 Å². The second kappa shape index (κ2) is 9.59. The average molecular weight is 472 g/mol. The van der Waals surface area contributed by atoms with Gasteiger partial charge in [-0.15, -0.1) is 0 Å². The maximum Gasteiger partial charge on any atom is 0.414 e. The molecule has 2 atom stereocenters. The Labute approximate surface area is 192 Å². The molecule has 0 radical (unpaired) electrons. The van der Waals surface area contributed by atoms with E-state index in [0.29, 0.717) is 22.0 Å². The highest BCUT2D eigenvalue weighted by Crippen LogP contribution is 2.29. The standard InChI is InChI=1S/C22H22FN5O4S/c1-14(29)24-10-18-11-28(22(30)32-18)17-7-8-19(20(23)9-17)16-5-3-15(4-6-16)12-33(31)21-25-13-26-27(21)2/h3-9,13,18H,10-12H2,1-2H3,(H,24,29)/t18-,33?/m0/s1. The lowest BCUT2D eigenvalue weighted by Crippen LogP contribution is -2.33.